The number of aromatic nitrogens is 3. The third kappa shape index (κ3) is 3.30. The van der Waals surface area contributed by atoms with E-state index in [1.807, 2.05) is 24.3 Å². The van der Waals surface area contributed by atoms with Crippen LogP contribution in [0.5, 0.6) is 5.75 Å². The Hall–Kier alpha value is -3.13. The zero-order valence-corrected chi connectivity index (χ0v) is 11.9. The molecule has 5 nitrogen and oxygen atoms in total. The highest BCUT2D eigenvalue weighted by molar-refractivity contribution is 5.33. The van der Waals surface area contributed by atoms with E-state index < -0.39 is 0 Å². The van der Waals surface area contributed by atoms with Crippen molar-refractivity contribution in [2.24, 2.45) is 0 Å². The molecule has 0 aliphatic carbocycles. The van der Waals surface area contributed by atoms with Crippen molar-refractivity contribution in [1.82, 2.24) is 15.0 Å². The summed E-state index contributed by atoms with van der Waals surface area (Å²) in [5, 5.41) is 8.80. The number of H-pyrrole nitrogens is 1. The largest absolute Gasteiger partial charge is 0.487 e. The van der Waals surface area contributed by atoms with Gasteiger partial charge in [0.1, 0.15) is 18.2 Å². The number of aromatic amines is 1. The summed E-state index contributed by atoms with van der Waals surface area (Å²) < 4.78 is 5.86. The number of ether oxygens (including phenoxy) is 1. The van der Waals surface area contributed by atoms with Gasteiger partial charge in [-0.15, -0.1) is 0 Å². The third-order valence-corrected chi connectivity index (χ3v) is 3.22. The minimum absolute atomic E-state index is 0.433. The molecule has 5 heteroatoms. The van der Waals surface area contributed by atoms with Crippen molar-refractivity contribution in [3.63, 3.8) is 0 Å². The molecule has 0 spiro atoms. The van der Waals surface area contributed by atoms with E-state index in [1.165, 1.54) is 0 Å². The van der Waals surface area contributed by atoms with E-state index in [0.717, 1.165) is 22.8 Å². The summed E-state index contributed by atoms with van der Waals surface area (Å²) in [4.78, 5) is 11.6. The Morgan fingerprint density at radius 2 is 1.95 bits per heavy atom. The van der Waals surface area contributed by atoms with Crippen LogP contribution in [0.4, 0.5) is 0 Å². The number of nitrogens with zero attached hydrogens (tertiary/aromatic N) is 3. The van der Waals surface area contributed by atoms with Gasteiger partial charge in [0, 0.05) is 18.6 Å². The maximum atomic E-state index is 8.80. The first kappa shape index (κ1) is 13.8. The minimum atomic E-state index is 0.433. The Kier molecular flexibility index (Phi) is 4.12. The predicted octanol–water partition coefficient (Wildman–Crippen LogP) is 2.85. The third-order valence-electron chi connectivity index (χ3n) is 3.22. The first-order chi connectivity index (χ1) is 10.8. The smallest absolute Gasteiger partial charge is 0.141 e. The minimum Gasteiger partial charge on any atom is -0.487 e. The highest BCUT2D eigenvalue weighted by Gasteiger charge is 2.07. The topological polar surface area (TPSA) is 74.6 Å². The van der Waals surface area contributed by atoms with Gasteiger partial charge in [0.05, 0.1) is 23.7 Å². The van der Waals surface area contributed by atoms with Gasteiger partial charge in [-0.25, -0.2) is 4.98 Å². The quantitative estimate of drug-likeness (QED) is 0.784. The van der Waals surface area contributed by atoms with Gasteiger partial charge in [-0.3, -0.25) is 4.98 Å². The van der Waals surface area contributed by atoms with E-state index in [-0.39, 0.29) is 0 Å². The molecule has 0 saturated carbocycles. The summed E-state index contributed by atoms with van der Waals surface area (Å²) in [6.07, 6.45) is 5.84. The van der Waals surface area contributed by atoms with Crippen LogP contribution >= 0.6 is 0 Å². The highest BCUT2D eigenvalue weighted by Crippen LogP contribution is 2.19. The van der Waals surface area contributed by atoms with Crippen molar-refractivity contribution in [2.45, 2.75) is 13.0 Å². The Bertz CT molecular complexity index is 773. The summed E-state index contributed by atoms with van der Waals surface area (Å²) in [6, 6.07) is 13.2. The highest BCUT2D eigenvalue weighted by atomic mass is 16.5. The molecule has 108 valence electrons. The van der Waals surface area contributed by atoms with Crippen LogP contribution in [0.15, 0.2) is 55.0 Å². The molecule has 0 saturated heterocycles. The fourth-order valence-corrected chi connectivity index (χ4v) is 2.08. The number of nitrogens with one attached hydrogen (secondary N) is 1. The number of rotatable bonds is 5. The lowest BCUT2D eigenvalue weighted by Gasteiger charge is -2.10. The van der Waals surface area contributed by atoms with Crippen molar-refractivity contribution in [3.05, 3.63) is 77.6 Å². The van der Waals surface area contributed by atoms with E-state index in [4.69, 9.17) is 10.00 Å². The number of benzene rings is 1. The van der Waals surface area contributed by atoms with Crippen molar-refractivity contribution >= 4 is 0 Å². The first-order valence-corrected chi connectivity index (χ1v) is 6.89. The molecular formula is C17H14N4O. The SMILES string of the molecule is N#Cc1ccc(COc2cccnc2Cc2ncc[nH]2)cc1. The molecule has 0 aliphatic rings. The molecule has 0 amide bonds. The van der Waals surface area contributed by atoms with E-state index >= 15 is 0 Å². The van der Waals surface area contributed by atoms with Crippen LogP contribution in [-0.4, -0.2) is 15.0 Å². The van der Waals surface area contributed by atoms with E-state index in [2.05, 4.69) is 21.0 Å². The van der Waals surface area contributed by atoms with Crippen LogP contribution in [0.3, 0.4) is 0 Å². The molecule has 0 fully saturated rings. The van der Waals surface area contributed by atoms with Gasteiger partial charge in [0.2, 0.25) is 0 Å². The average molecular weight is 290 g/mol. The molecule has 0 radical (unpaired) electrons. The Labute approximate surface area is 128 Å². The summed E-state index contributed by atoms with van der Waals surface area (Å²) in [7, 11) is 0. The molecule has 1 N–H and O–H groups in total. The summed E-state index contributed by atoms with van der Waals surface area (Å²) >= 11 is 0. The number of nitriles is 1. The summed E-state index contributed by atoms with van der Waals surface area (Å²) in [5.74, 6) is 1.59. The van der Waals surface area contributed by atoms with Crippen molar-refractivity contribution in [1.29, 1.82) is 5.26 Å². The molecule has 2 heterocycles. The molecule has 2 aromatic heterocycles. The summed E-state index contributed by atoms with van der Waals surface area (Å²) in [6.45, 7) is 0.433. The van der Waals surface area contributed by atoms with Crippen LogP contribution in [0.1, 0.15) is 22.6 Å². The van der Waals surface area contributed by atoms with Crippen LogP contribution < -0.4 is 4.74 Å². The fraction of sp³-hybridized carbons (Fsp3) is 0.118. The Morgan fingerprint density at radius 3 is 2.68 bits per heavy atom. The van der Waals surface area contributed by atoms with Gasteiger partial charge in [-0.2, -0.15) is 5.26 Å². The van der Waals surface area contributed by atoms with Crippen LogP contribution in [0, 0.1) is 11.3 Å². The van der Waals surface area contributed by atoms with Gasteiger partial charge in [-0.05, 0) is 29.8 Å². The van der Waals surface area contributed by atoms with E-state index in [9.17, 15) is 0 Å². The first-order valence-electron chi connectivity index (χ1n) is 6.89. The van der Waals surface area contributed by atoms with Gasteiger partial charge in [0.15, 0.2) is 0 Å². The maximum absolute atomic E-state index is 8.80. The zero-order chi connectivity index (χ0) is 15.2. The number of hydrogen-bond donors (Lipinski definition) is 1. The molecule has 0 unspecified atom stereocenters. The van der Waals surface area contributed by atoms with Gasteiger partial charge in [0.25, 0.3) is 0 Å². The van der Waals surface area contributed by atoms with Gasteiger partial charge in [-0.1, -0.05) is 12.1 Å². The molecule has 0 atom stereocenters. The average Bonchev–Trinajstić information content (AvgIpc) is 3.07. The van der Waals surface area contributed by atoms with Crippen LogP contribution in [0.25, 0.3) is 0 Å². The zero-order valence-electron chi connectivity index (χ0n) is 11.9. The number of imidazole rings is 1. The van der Waals surface area contributed by atoms with Gasteiger partial charge >= 0.3 is 0 Å². The second kappa shape index (κ2) is 6.55. The lowest BCUT2D eigenvalue weighted by Crippen LogP contribution is -2.02. The maximum Gasteiger partial charge on any atom is 0.141 e. The molecule has 22 heavy (non-hydrogen) atoms. The van der Waals surface area contributed by atoms with Crippen LogP contribution in [-0.2, 0) is 13.0 Å². The molecule has 3 rings (SSSR count). The normalized spacial score (nSPS) is 10.1. The number of pyridine rings is 1. The molecule has 0 bridgehead atoms. The molecule has 3 aromatic rings. The second-order valence-corrected chi connectivity index (χ2v) is 4.76. The fourth-order valence-electron chi connectivity index (χ4n) is 2.08. The Balaban J connectivity index is 1.70. The van der Waals surface area contributed by atoms with E-state index in [1.54, 1.807) is 30.7 Å². The predicted molar refractivity (Wildman–Crippen MR) is 81.1 cm³/mol. The number of hydrogen-bond acceptors (Lipinski definition) is 4. The Morgan fingerprint density at radius 1 is 1.09 bits per heavy atom. The van der Waals surface area contributed by atoms with Crippen molar-refractivity contribution in [3.8, 4) is 11.8 Å². The monoisotopic (exact) mass is 290 g/mol. The molecular weight excluding hydrogens is 276 g/mol. The molecule has 1 aromatic carbocycles. The second-order valence-electron chi connectivity index (χ2n) is 4.76. The van der Waals surface area contributed by atoms with Crippen molar-refractivity contribution in [2.75, 3.05) is 0 Å². The summed E-state index contributed by atoms with van der Waals surface area (Å²) in [5.41, 5.74) is 2.49. The lowest BCUT2D eigenvalue weighted by molar-refractivity contribution is 0.301. The molecule has 0 aliphatic heterocycles. The van der Waals surface area contributed by atoms with Crippen molar-refractivity contribution < 1.29 is 4.74 Å². The van der Waals surface area contributed by atoms with Gasteiger partial charge < -0.3 is 9.72 Å². The van der Waals surface area contributed by atoms with E-state index in [0.29, 0.717) is 18.6 Å². The lowest BCUT2D eigenvalue weighted by atomic mass is 10.1. The standard InChI is InChI=1S/C17H14N4O/c18-11-13-3-5-14(6-4-13)12-22-16-2-1-7-19-15(16)10-17-20-8-9-21-17/h1-9H,10,12H2,(H,20,21). The van der Waals surface area contributed by atoms with Crippen LogP contribution in [0.2, 0.25) is 0 Å².